The monoisotopic (exact) mass is 257 g/mol. The van der Waals surface area contributed by atoms with Crippen molar-refractivity contribution in [3.8, 4) is 0 Å². The quantitative estimate of drug-likeness (QED) is 0.641. The molecule has 17 heavy (non-hydrogen) atoms. The maximum absolute atomic E-state index is 11.6. The van der Waals surface area contributed by atoms with Gasteiger partial charge in [-0.15, -0.1) is 0 Å². The number of aliphatic hydroxyl groups is 1. The van der Waals surface area contributed by atoms with Gasteiger partial charge < -0.3 is 15.6 Å². The summed E-state index contributed by atoms with van der Waals surface area (Å²) in [7, 11) is 0. The predicted octanol–water partition coefficient (Wildman–Crippen LogP) is 2.24. The van der Waals surface area contributed by atoms with Crippen molar-refractivity contribution in [1.82, 2.24) is 0 Å². The van der Waals surface area contributed by atoms with Gasteiger partial charge in [-0.3, -0.25) is 0 Å². The summed E-state index contributed by atoms with van der Waals surface area (Å²) in [5.74, 6) is -0.511. The lowest BCUT2D eigenvalue weighted by Crippen LogP contribution is -2.22. The zero-order valence-corrected chi connectivity index (χ0v) is 10.6. The average molecular weight is 258 g/mol. The minimum atomic E-state index is -0.855. The third kappa shape index (κ3) is 4.63. The molecule has 0 amide bonds. The van der Waals surface area contributed by atoms with Gasteiger partial charge >= 0.3 is 5.97 Å². The van der Waals surface area contributed by atoms with E-state index in [-0.39, 0.29) is 17.9 Å². The molecule has 0 aliphatic heterocycles. The van der Waals surface area contributed by atoms with Crippen molar-refractivity contribution < 1.29 is 14.6 Å². The maximum atomic E-state index is 11.6. The molecular formula is C12H16ClNO3. The number of hydrogen-bond donors (Lipinski definition) is 2. The first-order chi connectivity index (χ1) is 7.79. The molecule has 0 aromatic heterocycles. The van der Waals surface area contributed by atoms with Gasteiger partial charge in [0.15, 0.2) is 0 Å². The summed E-state index contributed by atoms with van der Waals surface area (Å²) in [5.41, 5.74) is 5.36. The molecule has 0 atom stereocenters. The Hall–Kier alpha value is -1.26. The molecule has 0 unspecified atom stereocenters. The second-order valence-electron chi connectivity index (χ2n) is 4.43. The van der Waals surface area contributed by atoms with E-state index in [0.29, 0.717) is 11.4 Å². The molecule has 0 aliphatic carbocycles. The van der Waals surface area contributed by atoms with Gasteiger partial charge in [0.1, 0.15) is 0 Å². The van der Waals surface area contributed by atoms with Crippen molar-refractivity contribution in [2.45, 2.75) is 25.9 Å². The molecule has 5 heteroatoms. The summed E-state index contributed by atoms with van der Waals surface area (Å²) < 4.78 is 5.00. The van der Waals surface area contributed by atoms with Crippen LogP contribution in [0.15, 0.2) is 18.2 Å². The number of ether oxygens (including phenoxy) is 1. The number of carbonyl (C=O) groups excluding carboxylic acids is 1. The number of hydrogen-bond acceptors (Lipinski definition) is 4. The molecular weight excluding hydrogens is 242 g/mol. The number of benzene rings is 1. The lowest BCUT2D eigenvalue weighted by atomic mass is 10.1. The number of nitrogens with two attached hydrogens (primary N) is 1. The van der Waals surface area contributed by atoms with Crippen LogP contribution in [-0.2, 0) is 4.74 Å². The van der Waals surface area contributed by atoms with E-state index < -0.39 is 11.6 Å². The van der Waals surface area contributed by atoms with Gasteiger partial charge in [0, 0.05) is 17.1 Å². The molecule has 0 bridgehead atoms. The zero-order valence-electron chi connectivity index (χ0n) is 9.87. The largest absolute Gasteiger partial charge is 0.462 e. The fraction of sp³-hybridized carbons (Fsp3) is 0.417. The summed E-state index contributed by atoms with van der Waals surface area (Å²) in [6.45, 7) is 3.44. The Morgan fingerprint density at radius 1 is 1.53 bits per heavy atom. The fourth-order valence-corrected chi connectivity index (χ4v) is 1.37. The van der Waals surface area contributed by atoms with Gasteiger partial charge in [0.25, 0.3) is 0 Å². The Kier molecular flexibility index (Phi) is 4.37. The lowest BCUT2D eigenvalue weighted by molar-refractivity contribution is 0.0245. The summed E-state index contributed by atoms with van der Waals surface area (Å²) in [6.07, 6.45) is 0.367. The highest BCUT2D eigenvalue weighted by Gasteiger charge is 2.15. The van der Waals surface area contributed by atoms with Crippen molar-refractivity contribution in [3.63, 3.8) is 0 Å². The first-order valence-electron chi connectivity index (χ1n) is 5.24. The summed E-state index contributed by atoms with van der Waals surface area (Å²) in [4.78, 5) is 11.6. The molecule has 0 heterocycles. The topological polar surface area (TPSA) is 72.5 Å². The van der Waals surface area contributed by atoms with Gasteiger partial charge in [-0.1, -0.05) is 11.6 Å². The minimum absolute atomic E-state index is 0.143. The molecule has 94 valence electrons. The number of esters is 1. The average Bonchev–Trinajstić information content (AvgIpc) is 2.15. The normalized spacial score (nSPS) is 11.3. The first kappa shape index (κ1) is 13.8. The van der Waals surface area contributed by atoms with Gasteiger partial charge in [-0.2, -0.15) is 0 Å². The standard InChI is InChI=1S/C12H16ClNO3/c1-12(2,16)5-6-17-11(15)9-4-3-8(13)7-10(9)14/h3-4,7,16H,5-6,14H2,1-2H3. The number of halogens is 1. The van der Waals surface area contributed by atoms with Crippen molar-refractivity contribution in [2.75, 3.05) is 12.3 Å². The minimum Gasteiger partial charge on any atom is -0.462 e. The van der Waals surface area contributed by atoms with E-state index in [2.05, 4.69) is 0 Å². The van der Waals surface area contributed by atoms with Crippen molar-refractivity contribution >= 4 is 23.3 Å². The summed E-state index contributed by atoms with van der Waals surface area (Å²) in [5, 5.41) is 9.93. The van der Waals surface area contributed by atoms with E-state index in [1.165, 1.54) is 12.1 Å². The molecule has 0 saturated heterocycles. The van der Waals surface area contributed by atoms with E-state index in [1.54, 1.807) is 19.9 Å². The van der Waals surface area contributed by atoms with Gasteiger partial charge in [-0.25, -0.2) is 4.79 Å². The van der Waals surface area contributed by atoms with Gasteiger partial charge in [0.05, 0.1) is 17.8 Å². The van der Waals surface area contributed by atoms with Gasteiger partial charge in [-0.05, 0) is 32.0 Å². The predicted molar refractivity (Wildman–Crippen MR) is 67.1 cm³/mol. The number of anilines is 1. The van der Waals surface area contributed by atoms with E-state index in [4.69, 9.17) is 22.1 Å². The van der Waals surface area contributed by atoms with Gasteiger partial charge in [0.2, 0.25) is 0 Å². The maximum Gasteiger partial charge on any atom is 0.340 e. The third-order valence-corrected chi connectivity index (χ3v) is 2.42. The highest BCUT2D eigenvalue weighted by atomic mass is 35.5. The fourth-order valence-electron chi connectivity index (χ4n) is 1.19. The van der Waals surface area contributed by atoms with Crippen LogP contribution >= 0.6 is 11.6 Å². The van der Waals surface area contributed by atoms with Crippen molar-refractivity contribution in [3.05, 3.63) is 28.8 Å². The van der Waals surface area contributed by atoms with Crippen LogP contribution in [0.25, 0.3) is 0 Å². The molecule has 1 aromatic rings. The van der Waals surface area contributed by atoms with E-state index in [0.717, 1.165) is 0 Å². The lowest BCUT2D eigenvalue weighted by Gasteiger charge is -2.16. The van der Waals surface area contributed by atoms with Crippen LogP contribution in [0.1, 0.15) is 30.6 Å². The smallest absolute Gasteiger partial charge is 0.340 e. The molecule has 4 nitrogen and oxygen atoms in total. The number of rotatable bonds is 4. The molecule has 0 spiro atoms. The van der Waals surface area contributed by atoms with Crippen LogP contribution in [0, 0.1) is 0 Å². The van der Waals surface area contributed by atoms with E-state index in [9.17, 15) is 9.90 Å². The zero-order chi connectivity index (χ0) is 13.1. The number of nitrogen functional groups attached to an aromatic ring is 1. The van der Waals surface area contributed by atoms with Crippen molar-refractivity contribution in [1.29, 1.82) is 0 Å². The van der Waals surface area contributed by atoms with Crippen LogP contribution in [0.2, 0.25) is 5.02 Å². The summed E-state index contributed by atoms with van der Waals surface area (Å²) >= 11 is 5.72. The Bertz CT molecular complexity index is 413. The van der Waals surface area contributed by atoms with Crippen LogP contribution < -0.4 is 5.73 Å². The number of carbonyl (C=O) groups is 1. The highest BCUT2D eigenvalue weighted by Crippen LogP contribution is 2.19. The summed E-state index contributed by atoms with van der Waals surface area (Å²) in [6, 6.07) is 4.59. The van der Waals surface area contributed by atoms with E-state index >= 15 is 0 Å². The molecule has 0 radical (unpaired) electrons. The second kappa shape index (κ2) is 5.38. The van der Waals surface area contributed by atoms with Crippen LogP contribution in [0.5, 0.6) is 0 Å². The first-order valence-corrected chi connectivity index (χ1v) is 5.62. The van der Waals surface area contributed by atoms with Crippen LogP contribution in [0.4, 0.5) is 5.69 Å². The molecule has 0 saturated carbocycles. The highest BCUT2D eigenvalue weighted by molar-refractivity contribution is 6.31. The van der Waals surface area contributed by atoms with Crippen molar-refractivity contribution in [2.24, 2.45) is 0 Å². The Balaban J connectivity index is 2.59. The second-order valence-corrected chi connectivity index (χ2v) is 4.87. The Morgan fingerprint density at radius 2 is 2.18 bits per heavy atom. The molecule has 3 N–H and O–H groups in total. The SMILES string of the molecule is CC(C)(O)CCOC(=O)c1ccc(Cl)cc1N. The molecule has 1 aromatic carbocycles. The van der Waals surface area contributed by atoms with Crippen LogP contribution in [0.3, 0.4) is 0 Å². The molecule has 0 aliphatic rings. The van der Waals surface area contributed by atoms with E-state index in [1.807, 2.05) is 0 Å². The Morgan fingerprint density at radius 3 is 2.71 bits per heavy atom. The third-order valence-electron chi connectivity index (χ3n) is 2.18. The van der Waals surface area contributed by atoms with Crippen LogP contribution in [-0.4, -0.2) is 23.3 Å². The molecule has 0 fully saturated rings. The molecule has 1 rings (SSSR count). The Labute approximate surface area is 105 Å².